The minimum atomic E-state index is 0. The van der Waals surface area contributed by atoms with Crippen molar-refractivity contribution in [3.05, 3.63) is 42.4 Å². The smallest absolute Gasteiger partial charge is 0.257 e. The third-order valence-corrected chi connectivity index (χ3v) is 5.38. The SMILES string of the molecule is Cl.Cn1ccnc1CN(C(=O)c1ccoc1)C1CC12CCNCC2. The van der Waals surface area contributed by atoms with Crippen molar-refractivity contribution in [1.82, 2.24) is 19.8 Å². The molecule has 7 heteroatoms. The Morgan fingerprint density at radius 2 is 2.29 bits per heavy atom. The van der Waals surface area contributed by atoms with Crippen LogP contribution in [0.2, 0.25) is 0 Å². The lowest BCUT2D eigenvalue weighted by atomic mass is 9.93. The van der Waals surface area contributed by atoms with Gasteiger partial charge in [0.15, 0.2) is 0 Å². The normalized spacial score (nSPS) is 21.3. The Labute approximate surface area is 147 Å². The maximum absolute atomic E-state index is 13.0. The Morgan fingerprint density at radius 1 is 1.50 bits per heavy atom. The molecule has 3 heterocycles. The fraction of sp³-hybridized carbons (Fsp3) is 0.529. The van der Waals surface area contributed by atoms with E-state index < -0.39 is 0 Å². The van der Waals surface area contributed by atoms with Crippen LogP contribution in [0, 0.1) is 5.41 Å². The molecule has 0 aromatic carbocycles. The van der Waals surface area contributed by atoms with Gasteiger partial charge in [0, 0.05) is 25.5 Å². The summed E-state index contributed by atoms with van der Waals surface area (Å²) in [6.07, 6.45) is 10.2. The number of aryl methyl sites for hydroxylation is 1. The van der Waals surface area contributed by atoms with Gasteiger partial charge in [0.1, 0.15) is 12.1 Å². The summed E-state index contributed by atoms with van der Waals surface area (Å²) >= 11 is 0. The van der Waals surface area contributed by atoms with Crippen LogP contribution in [0.25, 0.3) is 0 Å². The Balaban J connectivity index is 0.00000169. The summed E-state index contributed by atoms with van der Waals surface area (Å²) in [5, 5.41) is 3.42. The number of piperidine rings is 1. The Kier molecular flexibility index (Phi) is 4.69. The van der Waals surface area contributed by atoms with Gasteiger partial charge in [-0.2, -0.15) is 0 Å². The highest BCUT2D eigenvalue weighted by atomic mass is 35.5. The number of rotatable bonds is 4. The van der Waals surface area contributed by atoms with E-state index in [1.54, 1.807) is 18.5 Å². The summed E-state index contributed by atoms with van der Waals surface area (Å²) in [7, 11) is 1.97. The fourth-order valence-electron chi connectivity index (χ4n) is 3.81. The lowest BCUT2D eigenvalue weighted by molar-refractivity contribution is 0.0684. The van der Waals surface area contributed by atoms with Crippen molar-refractivity contribution >= 4 is 18.3 Å². The molecule has 1 aliphatic carbocycles. The van der Waals surface area contributed by atoms with Gasteiger partial charge >= 0.3 is 0 Å². The molecule has 2 fully saturated rings. The number of halogens is 1. The predicted octanol–water partition coefficient (Wildman–Crippen LogP) is 2.22. The van der Waals surface area contributed by atoms with E-state index >= 15 is 0 Å². The Hall–Kier alpha value is -1.79. The molecule has 1 N–H and O–H groups in total. The van der Waals surface area contributed by atoms with E-state index in [1.807, 2.05) is 22.7 Å². The van der Waals surface area contributed by atoms with Crippen LogP contribution >= 0.6 is 12.4 Å². The summed E-state index contributed by atoms with van der Waals surface area (Å²) in [6, 6.07) is 2.05. The van der Waals surface area contributed by atoms with Crippen LogP contribution in [0.3, 0.4) is 0 Å². The molecule has 6 nitrogen and oxygen atoms in total. The molecule has 1 unspecified atom stereocenters. The number of nitrogens with zero attached hydrogens (tertiary/aromatic N) is 3. The summed E-state index contributed by atoms with van der Waals surface area (Å²) in [5.41, 5.74) is 0.922. The average Bonchev–Trinajstić information content (AvgIpc) is 2.98. The van der Waals surface area contributed by atoms with Crippen molar-refractivity contribution in [3.8, 4) is 0 Å². The molecule has 2 aromatic heterocycles. The quantitative estimate of drug-likeness (QED) is 0.918. The van der Waals surface area contributed by atoms with Crippen LogP contribution in [0.4, 0.5) is 0 Å². The molecule has 1 saturated heterocycles. The minimum absolute atomic E-state index is 0. The number of hydrogen-bond donors (Lipinski definition) is 1. The van der Waals surface area contributed by atoms with E-state index in [0.717, 1.165) is 38.2 Å². The van der Waals surface area contributed by atoms with Crippen molar-refractivity contribution in [2.75, 3.05) is 13.1 Å². The molecule has 2 aliphatic rings. The first-order valence-electron chi connectivity index (χ1n) is 8.20. The largest absolute Gasteiger partial charge is 0.472 e. The minimum Gasteiger partial charge on any atom is -0.472 e. The molecule has 1 saturated carbocycles. The van der Waals surface area contributed by atoms with Crippen LogP contribution in [0.15, 0.2) is 35.4 Å². The summed E-state index contributed by atoms with van der Waals surface area (Å²) in [5.74, 6) is 0.958. The fourth-order valence-corrected chi connectivity index (χ4v) is 3.81. The molecule has 24 heavy (non-hydrogen) atoms. The van der Waals surface area contributed by atoms with E-state index in [1.165, 1.54) is 6.26 Å². The number of nitrogens with one attached hydrogen (secondary N) is 1. The van der Waals surface area contributed by atoms with Crippen molar-refractivity contribution in [2.45, 2.75) is 31.8 Å². The van der Waals surface area contributed by atoms with Gasteiger partial charge in [-0.3, -0.25) is 4.79 Å². The summed E-state index contributed by atoms with van der Waals surface area (Å²) < 4.78 is 7.08. The van der Waals surface area contributed by atoms with E-state index in [-0.39, 0.29) is 18.3 Å². The van der Waals surface area contributed by atoms with Crippen molar-refractivity contribution in [3.63, 3.8) is 0 Å². The topological polar surface area (TPSA) is 63.3 Å². The first-order valence-corrected chi connectivity index (χ1v) is 8.20. The van der Waals surface area contributed by atoms with Crippen LogP contribution in [0.1, 0.15) is 35.4 Å². The van der Waals surface area contributed by atoms with Crippen molar-refractivity contribution < 1.29 is 9.21 Å². The first-order chi connectivity index (χ1) is 11.2. The van der Waals surface area contributed by atoms with E-state index in [2.05, 4.69) is 10.3 Å². The van der Waals surface area contributed by atoms with Crippen LogP contribution in [-0.4, -0.2) is 39.5 Å². The molecule has 1 spiro atoms. The zero-order valence-corrected chi connectivity index (χ0v) is 14.6. The second-order valence-electron chi connectivity index (χ2n) is 6.73. The standard InChI is InChI=1S/C17H22N4O2.ClH/c1-20-8-7-19-15(20)11-21(16(22)13-2-9-23-12-13)14-10-17(14)3-5-18-6-4-17;/h2,7-9,12,14,18H,3-6,10-11H2,1H3;1H. The zero-order valence-electron chi connectivity index (χ0n) is 13.8. The number of hydrogen-bond acceptors (Lipinski definition) is 4. The molecule has 4 rings (SSSR count). The van der Waals surface area contributed by atoms with Crippen LogP contribution < -0.4 is 5.32 Å². The molecular formula is C17H23ClN4O2. The first kappa shape index (κ1) is 17.0. The van der Waals surface area contributed by atoms with E-state index in [4.69, 9.17) is 4.42 Å². The van der Waals surface area contributed by atoms with Crippen molar-refractivity contribution in [1.29, 1.82) is 0 Å². The second kappa shape index (κ2) is 6.61. The lowest BCUT2D eigenvalue weighted by Gasteiger charge is -2.29. The molecule has 2 aromatic rings. The number of aromatic nitrogens is 2. The second-order valence-corrected chi connectivity index (χ2v) is 6.73. The molecule has 1 amide bonds. The molecule has 0 bridgehead atoms. The highest BCUT2D eigenvalue weighted by Gasteiger charge is 2.58. The van der Waals surface area contributed by atoms with E-state index in [0.29, 0.717) is 23.6 Å². The van der Waals surface area contributed by atoms with E-state index in [9.17, 15) is 4.79 Å². The number of carbonyl (C=O) groups is 1. The molecule has 0 radical (unpaired) electrons. The molecular weight excluding hydrogens is 328 g/mol. The van der Waals surface area contributed by atoms with Gasteiger partial charge in [0.05, 0.1) is 18.4 Å². The van der Waals surface area contributed by atoms with Gasteiger partial charge in [-0.05, 0) is 43.8 Å². The molecule has 1 atom stereocenters. The van der Waals surface area contributed by atoms with Crippen LogP contribution in [-0.2, 0) is 13.6 Å². The Morgan fingerprint density at radius 3 is 2.92 bits per heavy atom. The molecule has 130 valence electrons. The molecule has 1 aliphatic heterocycles. The zero-order chi connectivity index (χ0) is 15.9. The third-order valence-electron chi connectivity index (χ3n) is 5.38. The highest BCUT2D eigenvalue weighted by molar-refractivity contribution is 5.94. The number of imidazole rings is 1. The number of carbonyl (C=O) groups excluding carboxylic acids is 1. The highest BCUT2D eigenvalue weighted by Crippen LogP contribution is 2.56. The van der Waals surface area contributed by atoms with Gasteiger partial charge in [0.25, 0.3) is 5.91 Å². The van der Waals surface area contributed by atoms with Gasteiger partial charge < -0.3 is 19.2 Å². The van der Waals surface area contributed by atoms with Gasteiger partial charge in [-0.25, -0.2) is 4.98 Å². The maximum atomic E-state index is 13.0. The van der Waals surface area contributed by atoms with Gasteiger partial charge in [-0.15, -0.1) is 12.4 Å². The third kappa shape index (κ3) is 2.96. The summed E-state index contributed by atoms with van der Waals surface area (Å²) in [4.78, 5) is 19.4. The van der Waals surface area contributed by atoms with Gasteiger partial charge in [0.2, 0.25) is 0 Å². The lowest BCUT2D eigenvalue weighted by Crippen LogP contribution is -2.39. The Bertz CT molecular complexity index is 691. The summed E-state index contributed by atoms with van der Waals surface area (Å²) in [6.45, 7) is 2.65. The maximum Gasteiger partial charge on any atom is 0.257 e. The van der Waals surface area contributed by atoms with Crippen LogP contribution in [0.5, 0.6) is 0 Å². The number of furan rings is 1. The number of amides is 1. The van der Waals surface area contributed by atoms with Gasteiger partial charge in [-0.1, -0.05) is 0 Å². The monoisotopic (exact) mass is 350 g/mol. The predicted molar refractivity (Wildman–Crippen MR) is 92.0 cm³/mol. The van der Waals surface area contributed by atoms with Crippen molar-refractivity contribution in [2.24, 2.45) is 12.5 Å². The average molecular weight is 351 g/mol.